The molecule has 0 aromatic heterocycles. The van der Waals surface area contributed by atoms with Crippen molar-refractivity contribution < 1.29 is 28.3 Å². The summed E-state index contributed by atoms with van der Waals surface area (Å²) in [5.74, 6) is -2.51. The molecule has 0 radical (unpaired) electrons. The van der Waals surface area contributed by atoms with Crippen LogP contribution in [0.1, 0.15) is 23.6 Å². The first-order valence-corrected chi connectivity index (χ1v) is 12.4. The predicted molar refractivity (Wildman–Crippen MR) is 143 cm³/mol. The fourth-order valence-corrected chi connectivity index (χ4v) is 3.71. The van der Waals surface area contributed by atoms with E-state index in [-0.39, 0.29) is 19.4 Å². The second-order valence-electron chi connectivity index (χ2n) is 8.97. The van der Waals surface area contributed by atoms with Crippen LogP contribution in [0, 0.1) is 5.82 Å². The van der Waals surface area contributed by atoms with E-state index in [4.69, 9.17) is 10.5 Å². The average Bonchev–Trinajstić information content (AvgIpc) is 2.93. The average molecular weight is 535 g/mol. The van der Waals surface area contributed by atoms with E-state index < -0.39 is 47.8 Å². The van der Waals surface area contributed by atoms with Crippen molar-refractivity contribution in [1.29, 1.82) is 0 Å². The van der Waals surface area contributed by atoms with Gasteiger partial charge >= 0.3 is 6.09 Å². The summed E-state index contributed by atoms with van der Waals surface area (Å²) in [4.78, 5) is 50.4. The highest BCUT2D eigenvalue weighted by molar-refractivity contribution is 5.93. The van der Waals surface area contributed by atoms with Crippen molar-refractivity contribution in [2.75, 3.05) is 0 Å². The quantitative estimate of drug-likeness (QED) is 0.283. The zero-order valence-corrected chi connectivity index (χ0v) is 21.4. The topological polar surface area (TPSA) is 140 Å². The van der Waals surface area contributed by atoms with Crippen LogP contribution in [0.25, 0.3) is 0 Å². The van der Waals surface area contributed by atoms with Crippen molar-refractivity contribution in [3.8, 4) is 0 Å². The van der Waals surface area contributed by atoms with Gasteiger partial charge in [0, 0.05) is 12.8 Å². The Morgan fingerprint density at radius 1 is 0.718 bits per heavy atom. The highest BCUT2D eigenvalue weighted by Crippen LogP contribution is 2.09. The van der Waals surface area contributed by atoms with E-state index in [1.165, 1.54) is 31.2 Å². The highest BCUT2D eigenvalue weighted by atomic mass is 19.1. The molecule has 0 fully saturated rings. The lowest BCUT2D eigenvalue weighted by Gasteiger charge is -2.24. The van der Waals surface area contributed by atoms with Gasteiger partial charge in [0.25, 0.3) is 0 Å². The van der Waals surface area contributed by atoms with E-state index in [1.807, 2.05) is 24.3 Å². The van der Waals surface area contributed by atoms with Crippen molar-refractivity contribution in [3.05, 3.63) is 107 Å². The van der Waals surface area contributed by atoms with Gasteiger partial charge in [0.05, 0.1) is 0 Å². The van der Waals surface area contributed by atoms with E-state index in [0.717, 1.165) is 11.1 Å². The summed E-state index contributed by atoms with van der Waals surface area (Å²) in [6.07, 6.45) is -0.651. The van der Waals surface area contributed by atoms with Gasteiger partial charge in [-0.15, -0.1) is 0 Å². The lowest BCUT2D eigenvalue weighted by atomic mass is 10.0. The normalized spacial score (nSPS) is 12.9. The Morgan fingerprint density at radius 3 is 1.82 bits per heavy atom. The van der Waals surface area contributed by atoms with Crippen LogP contribution in [-0.4, -0.2) is 41.9 Å². The molecule has 3 rings (SSSR count). The van der Waals surface area contributed by atoms with Crippen LogP contribution in [0.3, 0.4) is 0 Å². The number of amides is 4. The molecule has 0 aliphatic carbocycles. The van der Waals surface area contributed by atoms with Crippen LogP contribution in [0.2, 0.25) is 0 Å². The molecule has 5 N–H and O–H groups in total. The van der Waals surface area contributed by atoms with Crippen molar-refractivity contribution in [1.82, 2.24) is 16.0 Å². The maximum absolute atomic E-state index is 13.4. The molecule has 0 aliphatic rings. The van der Waals surface area contributed by atoms with Gasteiger partial charge < -0.3 is 26.4 Å². The molecule has 0 bridgehead atoms. The number of nitrogens with one attached hydrogen (secondary N) is 3. The maximum Gasteiger partial charge on any atom is 0.408 e. The second kappa shape index (κ2) is 14.3. The van der Waals surface area contributed by atoms with Crippen LogP contribution < -0.4 is 21.7 Å². The number of carbonyl (C=O) groups excluding carboxylic acids is 4. The Bertz CT molecular complexity index is 1260. The third-order valence-corrected chi connectivity index (χ3v) is 5.87. The largest absolute Gasteiger partial charge is 0.445 e. The lowest BCUT2D eigenvalue weighted by Crippen LogP contribution is -2.56. The summed E-state index contributed by atoms with van der Waals surface area (Å²) < 4.78 is 18.6. The van der Waals surface area contributed by atoms with Crippen LogP contribution in [-0.2, 0) is 38.6 Å². The molecule has 3 atom stereocenters. The zero-order chi connectivity index (χ0) is 28.2. The van der Waals surface area contributed by atoms with Crippen molar-refractivity contribution in [2.45, 2.75) is 44.5 Å². The van der Waals surface area contributed by atoms with E-state index in [9.17, 15) is 23.6 Å². The summed E-state index contributed by atoms with van der Waals surface area (Å²) in [6.45, 7) is 1.46. The Labute approximate surface area is 225 Å². The fraction of sp³-hybridized carbons (Fsp3) is 0.241. The summed E-state index contributed by atoms with van der Waals surface area (Å²) in [5.41, 5.74) is 7.66. The van der Waals surface area contributed by atoms with Gasteiger partial charge in [0.1, 0.15) is 30.5 Å². The number of carbonyl (C=O) groups is 4. The van der Waals surface area contributed by atoms with Gasteiger partial charge in [0.2, 0.25) is 17.7 Å². The Morgan fingerprint density at radius 2 is 1.23 bits per heavy atom. The number of ether oxygens (including phenoxy) is 1. The number of halogens is 1. The molecular formula is C29H31FN4O5. The SMILES string of the molecule is CC(NC(=O)OCc1ccccc1)C(=O)NC(Cc1ccc(F)cc1)C(=O)N[C@@H](Cc1ccccc1)C(N)=O. The molecule has 2 unspecified atom stereocenters. The minimum absolute atomic E-state index is 0.000153. The number of alkyl carbamates (subject to hydrolysis) is 1. The van der Waals surface area contributed by atoms with Gasteiger partial charge in [-0.3, -0.25) is 14.4 Å². The molecule has 10 heteroatoms. The Balaban J connectivity index is 1.66. The van der Waals surface area contributed by atoms with Gasteiger partial charge in [-0.1, -0.05) is 72.8 Å². The molecule has 0 heterocycles. The molecule has 9 nitrogen and oxygen atoms in total. The van der Waals surface area contributed by atoms with E-state index in [0.29, 0.717) is 5.56 Å². The highest BCUT2D eigenvalue weighted by Gasteiger charge is 2.28. The number of primary amides is 1. The minimum atomic E-state index is -1.15. The zero-order valence-electron chi connectivity index (χ0n) is 21.4. The first-order chi connectivity index (χ1) is 18.7. The van der Waals surface area contributed by atoms with Crippen LogP contribution >= 0.6 is 0 Å². The second-order valence-corrected chi connectivity index (χ2v) is 8.97. The summed E-state index contributed by atoms with van der Waals surface area (Å²) in [6, 6.07) is 20.3. The van der Waals surface area contributed by atoms with Crippen molar-refractivity contribution >= 4 is 23.8 Å². The maximum atomic E-state index is 13.4. The molecule has 3 aromatic carbocycles. The van der Waals surface area contributed by atoms with Crippen LogP contribution in [0.5, 0.6) is 0 Å². The van der Waals surface area contributed by atoms with Crippen LogP contribution in [0.15, 0.2) is 84.9 Å². The van der Waals surface area contributed by atoms with E-state index in [2.05, 4.69) is 16.0 Å². The number of nitrogens with two attached hydrogens (primary N) is 1. The molecule has 0 spiro atoms. The fourth-order valence-electron chi connectivity index (χ4n) is 3.71. The monoisotopic (exact) mass is 534 g/mol. The smallest absolute Gasteiger partial charge is 0.408 e. The third kappa shape index (κ3) is 9.58. The molecule has 204 valence electrons. The molecule has 0 aliphatic heterocycles. The molecular weight excluding hydrogens is 503 g/mol. The predicted octanol–water partition coefficient (Wildman–Crippen LogP) is 2.38. The molecule has 3 aromatic rings. The summed E-state index contributed by atoms with van der Waals surface area (Å²) in [7, 11) is 0. The van der Waals surface area contributed by atoms with Crippen LogP contribution in [0.4, 0.5) is 9.18 Å². The Hall–Kier alpha value is -4.73. The summed E-state index contributed by atoms with van der Waals surface area (Å²) in [5, 5.41) is 7.63. The number of hydrogen-bond donors (Lipinski definition) is 4. The third-order valence-electron chi connectivity index (χ3n) is 5.87. The number of hydrogen-bond acceptors (Lipinski definition) is 5. The van der Waals surface area contributed by atoms with Gasteiger partial charge in [0.15, 0.2) is 0 Å². The first-order valence-electron chi connectivity index (χ1n) is 12.4. The molecule has 4 amide bonds. The Kier molecular flexibility index (Phi) is 10.6. The van der Waals surface area contributed by atoms with Crippen molar-refractivity contribution in [2.24, 2.45) is 5.73 Å². The summed E-state index contributed by atoms with van der Waals surface area (Å²) >= 11 is 0. The number of rotatable bonds is 12. The van der Waals surface area contributed by atoms with Gasteiger partial charge in [-0.2, -0.15) is 0 Å². The minimum Gasteiger partial charge on any atom is -0.445 e. The lowest BCUT2D eigenvalue weighted by molar-refractivity contribution is -0.131. The van der Waals surface area contributed by atoms with E-state index >= 15 is 0 Å². The van der Waals surface area contributed by atoms with Gasteiger partial charge in [-0.25, -0.2) is 9.18 Å². The van der Waals surface area contributed by atoms with Gasteiger partial charge in [-0.05, 0) is 35.7 Å². The number of benzene rings is 3. The standard InChI is InChI=1S/C29H31FN4O5/c1-19(32-29(38)39-18-22-10-6-3-7-11-22)27(36)34-25(17-21-12-14-23(30)15-13-21)28(37)33-24(26(31)35)16-20-8-4-2-5-9-20/h2-15,19,24-25H,16-18H2,1H3,(H2,31,35)(H,32,38)(H,33,37)(H,34,36)/t19?,24-,25?/m0/s1. The first kappa shape index (κ1) is 28.8. The van der Waals surface area contributed by atoms with E-state index in [1.54, 1.807) is 36.4 Å². The van der Waals surface area contributed by atoms with Crippen molar-refractivity contribution in [3.63, 3.8) is 0 Å². The molecule has 0 saturated heterocycles. The molecule has 0 saturated carbocycles. The molecule has 39 heavy (non-hydrogen) atoms.